The summed E-state index contributed by atoms with van der Waals surface area (Å²) in [7, 11) is 0. The minimum Gasteiger partial charge on any atom is -0.394 e. The highest BCUT2D eigenvalue weighted by Gasteiger charge is 2.38. The van der Waals surface area contributed by atoms with Crippen molar-refractivity contribution in [2.75, 3.05) is 11.9 Å². The highest BCUT2D eigenvalue weighted by molar-refractivity contribution is 5.47. The molecule has 0 saturated carbocycles. The monoisotopic (exact) mass is 253 g/mol. The van der Waals surface area contributed by atoms with E-state index in [0.717, 1.165) is 0 Å². The molecule has 1 aliphatic rings. The van der Waals surface area contributed by atoms with E-state index in [1.807, 2.05) is 13.8 Å². The molecule has 1 saturated heterocycles. The van der Waals surface area contributed by atoms with Crippen molar-refractivity contribution in [1.29, 1.82) is 0 Å². The normalized spacial score (nSPS) is 32.2. The smallest absolute Gasteiger partial charge is 0.146 e. The molecule has 0 amide bonds. The lowest BCUT2D eigenvalue weighted by atomic mass is 9.84. The number of ether oxygens (including phenoxy) is 1. The van der Waals surface area contributed by atoms with Gasteiger partial charge in [-0.15, -0.1) is 0 Å². The van der Waals surface area contributed by atoms with E-state index < -0.39 is 5.54 Å². The van der Waals surface area contributed by atoms with Crippen molar-refractivity contribution >= 4 is 5.69 Å². The third-order valence-corrected chi connectivity index (χ3v) is 3.40. The largest absolute Gasteiger partial charge is 0.394 e. The average Bonchev–Trinajstić information content (AvgIpc) is 2.31. The number of aliphatic hydroxyl groups excluding tert-OH is 1. The third kappa shape index (κ3) is 2.82. The van der Waals surface area contributed by atoms with Crippen LogP contribution >= 0.6 is 0 Å². The molecule has 0 radical (unpaired) electrons. The van der Waals surface area contributed by atoms with Gasteiger partial charge in [0.15, 0.2) is 0 Å². The molecule has 0 spiro atoms. The number of anilines is 1. The highest BCUT2D eigenvalue weighted by Crippen LogP contribution is 2.32. The van der Waals surface area contributed by atoms with Gasteiger partial charge in [-0.2, -0.15) is 0 Å². The lowest BCUT2D eigenvalue weighted by Gasteiger charge is -2.43. The molecule has 1 aromatic carbocycles. The second-order valence-corrected chi connectivity index (χ2v) is 5.21. The first-order chi connectivity index (χ1) is 8.54. The van der Waals surface area contributed by atoms with E-state index in [0.29, 0.717) is 18.5 Å². The van der Waals surface area contributed by atoms with E-state index in [4.69, 9.17) is 4.74 Å². The summed E-state index contributed by atoms with van der Waals surface area (Å²) in [5.41, 5.74) is -0.0629. The fourth-order valence-corrected chi connectivity index (χ4v) is 2.80. The Hall–Kier alpha value is -1.13. The summed E-state index contributed by atoms with van der Waals surface area (Å²) >= 11 is 0. The molecule has 0 aliphatic carbocycles. The molecule has 18 heavy (non-hydrogen) atoms. The van der Waals surface area contributed by atoms with Crippen molar-refractivity contribution in [3.63, 3.8) is 0 Å². The summed E-state index contributed by atoms with van der Waals surface area (Å²) in [5.74, 6) is -0.294. The molecule has 0 bridgehead atoms. The van der Waals surface area contributed by atoms with Gasteiger partial charge in [-0.3, -0.25) is 0 Å². The summed E-state index contributed by atoms with van der Waals surface area (Å²) in [6.07, 6.45) is 1.45. The summed E-state index contributed by atoms with van der Waals surface area (Å²) in [6.45, 7) is 3.92. The predicted molar refractivity (Wildman–Crippen MR) is 69.1 cm³/mol. The second kappa shape index (κ2) is 5.24. The summed E-state index contributed by atoms with van der Waals surface area (Å²) in [4.78, 5) is 0. The molecule has 100 valence electrons. The minimum atomic E-state index is -0.501. The fraction of sp³-hybridized carbons (Fsp3) is 0.571. The Labute approximate surface area is 107 Å². The summed E-state index contributed by atoms with van der Waals surface area (Å²) in [5, 5.41) is 12.9. The standard InChI is InChI=1S/C14H20FNO2/c1-10-7-14(9-17,8-11(2)18-10)16-13-6-4-3-5-12(13)15/h3-6,10-11,16-17H,7-9H2,1-2H3. The molecule has 0 aromatic heterocycles. The van der Waals surface area contributed by atoms with Gasteiger partial charge in [0.05, 0.1) is 30.0 Å². The van der Waals surface area contributed by atoms with Crippen molar-refractivity contribution in [3.8, 4) is 0 Å². The van der Waals surface area contributed by atoms with Crippen molar-refractivity contribution in [1.82, 2.24) is 0 Å². The zero-order valence-corrected chi connectivity index (χ0v) is 10.8. The van der Waals surface area contributed by atoms with Gasteiger partial charge in [0.2, 0.25) is 0 Å². The first-order valence-electron chi connectivity index (χ1n) is 6.34. The number of aliphatic hydroxyl groups is 1. The van der Waals surface area contributed by atoms with Crippen LogP contribution in [0.1, 0.15) is 26.7 Å². The highest BCUT2D eigenvalue weighted by atomic mass is 19.1. The molecule has 1 aliphatic heterocycles. The van der Waals surface area contributed by atoms with Gasteiger partial charge >= 0.3 is 0 Å². The van der Waals surface area contributed by atoms with Crippen LogP contribution in [0.2, 0.25) is 0 Å². The van der Waals surface area contributed by atoms with Crippen LogP contribution in [0.3, 0.4) is 0 Å². The second-order valence-electron chi connectivity index (χ2n) is 5.21. The maximum atomic E-state index is 13.7. The Balaban J connectivity index is 2.20. The van der Waals surface area contributed by atoms with Gasteiger partial charge in [-0.1, -0.05) is 12.1 Å². The molecular weight excluding hydrogens is 233 g/mol. The van der Waals surface area contributed by atoms with Crippen LogP contribution in [0.25, 0.3) is 0 Å². The molecule has 1 fully saturated rings. The summed E-state index contributed by atoms with van der Waals surface area (Å²) in [6, 6.07) is 6.54. The maximum absolute atomic E-state index is 13.7. The van der Waals surface area contributed by atoms with Crippen molar-refractivity contribution in [2.45, 2.75) is 44.4 Å². The van der Waals surface area contributed by atoms with Gasteiger partial charge < -0.3 is 15.2 Å². The molecule has 2 atom stereocenters. The Bertz CT molecular complexity index is 401. The number of rotatable bonds is 3. The Morgan fingerprint density at radius 1 is 1.33 bits per heavy atom. The summed E-state index contributed by atoms with van der Waals surface area (Å²) < 4.78 is 19.3. The minimum absolute atomic E-state index is 0.0284. The molecule has 1 aromatic rings. The number of benzene rings is 1. The number of hydrogen-bond donors (Lipinski definition) is 2. The van der Waals surface area contributed by atoms with Crippen LogP contribution in [-0.4, -0.2) is 29.5 Å². The van der Waals surface area contributed by atoms with Gasteiger partial charge in [-0.25, -0.2) is 4.39 Å². The van der Waals surface area contributed by atoms with Crippen molar-refractivity contribution in [2.24, 2.45) is 0 Å². The molecule has 2 rings (SSSR count). The van der Waals surface area contributed by atoms with Crippen LogP contribution in [0.4, 0.5) is 10.1 Å². The molecule has 4 heteroatoms. The molecule has 2 N–H and O–H groups in total. The van der Waals surface area contributed by atoms with E-state index in [1.54, 1.807) is 18.2 Å². The predicted octanol–water partition coefficient (Wildman–Crippen LogP) is 2.56. The van der Waals surface area contributed by atoms with Crippen LogP contribution in [0, 0.1) is 5.82 Å². The van der Waals surface area contributed by atoms with Crippen molar-refractivity contribution in [3.05, 3.63) is 30.1 Å². The molecule has 2 unspecified atom stereocenters. The average molecular weight is 253 g/mol. The lowest BCUT2D eigenvalue weighted by Crippen LogP contribution is -2.51. The van der Waals surface area contributed by atoms with E-state index >= 15 is 0 Å². The van der Waals surface area contributed by atoms with Crippen LogP contribution in [-0.2, 0) is 4.74 Å². The topological polar surface area (TPSA) is 41.5 Å². The number of nitrogens with one attached hydrogen (secondary N) is 1. The van der Waals surface area contributed by atoms with Crippen LogP contribution in [0.5, 0.6) is 0 Å². The third-order valence-electron chi connectivity index (χ3n) is 3.40. The SMILES string of the molecule is CC1CC(CO)(Nc2ccccc2F)CC(C)O1. The molecular formula is C14H20FNO2. The van der Waals surface area contributed by atoms with E-state index in [9.17, 15) is 9.50 Å². The van der Waals surface area contributed by atoms with Gasteiger partial charge in [0, 0.05) is 0 Å². The fourth-order valence-electron chi connectivity index (χ4n) is 2.80. The van der Waals surface area contributed by atoms with Gasteiger partial charge in [0.1, 0.15) is 5.82 Å². The lowest BCUT2D eigenvalue weighted by molar-refractivity contribution is -0.0654. The number of para-hydroxylation sites is 1. The van der Waals surface area contributed by atoms with E-state index in [2.05, 4.69) is 5.32 Å². The zero-order valence-electron chi connectivity index (χ0n) is 10.8. The maximum Gasteiger partial charge on any atom is 0.146 e. The van der Waals surface area contributed by atoms with Crippen LogP contribution < -0.4 is 5.32 Å². The van der Waals surface area contributed by atoms with E-state index in [1.165, 1.54) is 6.07 Å². The zero-order chi connectivity index (χ0) is 13.2. The first-order valence-corrected chi connectivity index (χ1v) is 6.34. The molecule has 3 nitrogen and oxygen atoms in total. The van der Waals surface area contributed by atoms with Crippen molar-refractivity contribution < 1.29 is 14.2 Å². The van der Waals surface area contributed by atoms with Gasteiger partial charge in [-0.05, 0) is 38.8 Å². The van der Waals surface area contributed by atoms with E-state index in [-0.39, 0.29) is 24.6 Å². The number of hydrogen-bond acceptors (Lipinski definition) is 3. The Kier molecular flexibility index (Phi) is 3.88. The molecule has 1 heterocycles. The Morgan fingerprint density at radius 3 is 2.50 bits per heavy atom. The quantitative estimate of drug-likeness (QED) is 0.870. The van der Waals surface area contributed by atoms with Crippen LogP contribution in [0.15, 0.2) is 24.3 Å². The number of halogens is 1. The first kappa shape index (κ1) is 13.3. The Morgan fingerprint density at radius 2 is 1.94 bits per heavy atom. The van der Waals surface area contributed by atoms with Gasteiger partial charge in [0.25, 0.3) is 0 Å².